The third-order valence-corrected chi connectivity index (χ3v) is 5.05. The molecular weight excluding hydrogens is 276 g/mol. The number of nitrogens with one attached hydrogen (secondary N) is 1. The lowest BCUT2D eigenvalue weighted by Crippen LogP contribution is -2.57. The Balaban J connectivity index is 1.90. The fourth-order valence-corrected chi connectivity index (χ4v) is 3.66. The van der Waals surface area contributed by atoms with E-state index in [0.717, 1.165) is 13.1 Å². The van der Waals surface area contributed by atoms with Crippen LogP contribution in [0.25, 0.3) is 0 Å². The van der Waals surface area contributed by atoms with E-state index < -0.39 is 0 Å². The number of benzene rings is 1. The summed E-state index contributed by atoms with van der Waals surface area (Å²) in [6.45, 7) is 9.01. The molecule has 1 aliphatic rings. The van der Waals surface area contributed by atoms with Gasteiger partial charge in [0.05, 0.1) is 6.04 Å². The predicted molar refractivity (Wildman–Crippen MR) is 92.1 cm³/mol. The number of anilines is 1. The molecule has 2 nitrogen and oxygen atoms in total. The van der Waals surface area contributed by atoms with Gasteiger partial charge in [-0.3, -0.25) is 0 Å². The second-order valence-corrected chi connectivity index (χ2v) is 7.67. The Morgan fingerprint density at radius 2 is 1.90 bits per heavy atom. The average Bonchev–Trinajstić information content (AvgIpc) is 3.01. The SMILES string of the molecule is CC(C)(C)C1CN(c2ccsc2)C(c2ccccc2)CN1. The zero-order chi connectivity index (χ0) is 14.9. The summed E-state index contributed by atoms with van der Waals surface area (Å²) >= 11 is 1.78. The van der Waals surface area contributed by atoms with Crippen LogP contribution in [0.2, 0.25) is 0 Å². The van der Waals surface area contributed by atoms with Gasteiger partial charge >= 0.3 is 0 Å². The molecule has 2 atom stereocenters. The molecule has 21 heavy (non-hydrogen) atoms. The zero-order valence-corrected chi connectivity index (χ0v) is 13.9. The molecule has 2 unspecified atom stereocenters. The highest BCUT2D eigenvalue weighted by Gasteiger charge is 2.34. The topological polar surface area (TPSA) is 15.3 Å². The van der Waals surface area contributed by atoms with Crippen LogP contribution in [0.4, 0.5) is 5.69 Å². The van der Waals surface area contributed by atoms with Crippen molar-refractivity contribution in [2.45, 2.75) is 32.9 Å². The number of hydrogen-bond donors (Lipinski definition) is 1. The summed E-state index contributed by atoms with van der Waals surface area (Å²) in [4.78, 5) is 2.57. The third-order valence-electron chi connectivity index (χ3n) is 4.38. The Kier molecular flexibility index (Phi) is 4.05. The van der Waals surface area contributed by atoms with Crippen molar-refractivity contribution in [2.75, 3.05) is 18.0 Å². The van der Waals surface area contributed by atoms with E-state index in [0.29, 0.717) is 12.1 Å². The van der Waals surface area contributed by atoms with E-state index in [9.17, 15) is 0 Å². The van der Waals surface area contributed by atoms with Crippen LogP contribution in [0, 0.1) is 5.41 Å². The maximum absolute atomic E-state index is 3.76. The van der Waals surface area contributed by atoms with E-state index >= 15 is 0 Å². The molecule has 0 amide bonds. The summed E-state index contributed by atoms with van der Waals surface area (Å²) in [6.07, 6.45) is 0. The van der Waals surface area contributed by atoms with Crippen LogP contribution < -0.4 is 10.2 Å². The summed E-state index contributed by atoms with van der Waals surface area (Å²) in [6, 6.07) is 14.0. The Labute approximate surface area is 131 Å². The van der Waals surface area contributed by atoms with Crippen molar-refractivity contribution in [1.82, 2.24) is 5.32 Å². The molecule has 1 N–H and O–H groups in total. The molecule has 1 aromatic carbocycles. The maximum atomic E-state index is 3.76. The van der Waals surface area contributed by atoms with E-state index in [1.165, 1.54) is 11.3 Å². The molecule has 0 spiro atoms. The van der Waals surface area contributed by atoms with Crippen molar-refractivity contribution < 1.29 is 0 Å². The number of nitrogens with zero attached hydrogens (tertiary/aromatic N) is 1. The highest BCUT2D eigenvalue weighted by molar-refractivity contribution is 7.08. The van der Waals surface area contributed by atoms with Gasteiger partial charge in [0.1, 0.15) is 0 Å². The van der Waals surface area contributed by atoms with Crippen LogP contribution in [0.15, 0.2) is 47.2 Å². The standard InChI is InChI=1S/C18H24N2S/c1-18(2,3)17-12-20(15-9-10-21-13-15)16(11-19-17)14-7-5-4-6-8-14/h4-10,13,16-17,19H,11-12H2,1-3H3. The molecule has 0 radical (unpaired) electrons. The van der Waals surface area contributed by atoms with Crippen molar-refractivity contribution in [3.8, 4) is 0 Å². The molecule has 3 rings (SSSR count). The molecule has 1 saturated heterocycles. The summed E-state index contributed by atoms with van der Waals surface area (Å²) in [5.41, 5.74) is 3.02. The highest BCUT2D eigenvalue weighted by atomic mass is 32.1. The minimum absolute atomic E-state index is 0.274. The lowest BCUT2D eigenvalue weighted by Gasteiger charge is -2.46. The van der Waals surface area contributed by atoms with E-state index in [1.54, 1.807) is 11.3 Å². The van der Waals surface area contributed by atoms with Gasteiger partial charge in [-0.05, 0) is 22.4 Å². The highest BCUT2D eigenvalue weighted by Crippen LogP contribution is 2.34. The Hall–Kier alpha value is -1.32. The number of thiophene rings is 1. The first-order valence-corrected chi connectivity index (χ1v) is 8.57. The summed E-state index contributed by atoms with van der Waals surface area (Å²) in [7, 11) is 0. The van der Waals surface area contributed by atoms with E-state index in [1.807, 2.05) is 0 Å². The minimum Gasteiger partial charge on any atom is -0.361 e. The molecule has 112 valence electrons. The smallest absolute Gasteiger partial charge is 0.0668 e. The summed E-state index contributed by atoms with van der Waals surface area (Å²) in [5, 5.41) is 8.20. The fourth-order valence-electron chi connectivity index (χ4n) is 3.01. The first-order chi connectivity index (χ1) is 10.1. The van der Waals surface area contributed by atoms with E-state index in [4.69, 9.17) is 0 Å². The second kappa shape index (κ2) is 5.82. The van der Waals surface area contributed by atoms with E-state index in [2.05, 4.69) is 78.1 Å². The minimum atomic E-state index is 0.274. The van der Waals surface area contributed by atoms with Crippen LogP contribution in [0.5, 0.6) is 0 Å². The quantitative estimate of drug-likeness (QED) is 0.889. The van der Waals surface area contributed by atoms with Gasteiger partial charge in [0.25, 0.3) is 0 Å². The molecule has 2 heterocycles. The molecule has 0 saturated carbocycles. The van der Waals surface area contributed by atoms with Gasteiger partial charge in [0.15, 0.2) is 0 Å². The van der Waals surface area contributed by atoms with Crippen molar-refractivity contribution in [1.29, 1.82) is 0 Å². The Morgan fingerprint density at radius 3 is 2.52 bits per heavy atom. The summed E-state index contributed by atoms with van der Waals surface area (Å²) < 4.78 is 0. The van der Waals surface area contributed by atoms with E-state index in [-0.39, 0.29) is 5.41 Å². The second-order valence-electron chi connectivity index (χ2n) is 6.89. The van der Waals surface area contributed by atoms with Crippen LogP contribution in [-0.2, 0) is 0 Å². The lowest BCUT2D eigenvalue weighted by molar-refractivity contribution is 0.236. The molecule has 0 aliphatic carbocycles. The Morgan fingerprint density at radius 1 is 1.14 bits per heavy atom. The normalized spacial score (nSPS) is 23.3. The monoisotopic (exact) mass is 300 g/mol. The molecular formula is C18H24N2S. The first-order valence-electron chi connectivity index (χ1n) is 7.63. The van der Waals surface area contributed by atoms with Gasteiger partial charge < -0.3 is 10.2 Å². The van der Waals surface area contributed by atoms with Gasteiger partial charge in [0.2, 0.25) is 0 Å². The first kappa shape index (κ1) is 14.6. The molecule has 1 aromatic heterocycles. The molecule has 1 fully saturated rings. The molecule has 0 bridgehead atoms. The van der Waals surface area contributed by atoms with Gasteiger partial charge in [0, 0.05) is 30.2 Å². The molecule has 3 heteroatoms. The van der Waals surface area contributed by atoms with Crippen molar-refractivity contribution in [2.24, 2.45) is 5.41 Å². The Bertz CT molecular complexity index is 557. The predicted octanol–water partition coefficient (Wildman–Crippen LogP) is 4.31. The van der Waals surface area contributed by atoms with Crippen LogP contribution in [-0.4, -0.2) is 19.1 Å². The van der Waals surface area contributed by atoms with Crippen LogP contribution in [0.1, 0.15) is 32.4 Å². The third kappa shape index (κ3) is 3.14. The maximum Gasteiger partial charge on any atom is 0.0668 e. The molecule has 2 aromatic rings. The fraction of sp³-hybridized carbons (Fsp3) is 0.444. The number of rotatable bonds is 2. The van der Waals surface area contributed by atoms with Crippen molar-refractivity contribution >= 4 is 17.0 Å². The van der Waals surface area contributed by atoms with Crippen molar-refractivity contribution in [3.05, 3.63) is 52.7 Å². The summed E-state index contributed by atoms with van der Waals surface area (Å²) in [5.74, 6) is 0. The van der Waals surface area contributed by atoms with Crippen molar-refractivity contribution in [3.63, 3.8) is 0 Å². The molecule has 1 aliphatic heterocycles. The van der Waals surface area contributed by atoms with Gasteiger partial charge in [-0.2, -0.15) is 11.3 Å². The average molecular weight is 300 g/mol. The number of hydrogen-bond acceptors (Lipinski definition) is 3. The largest absolute Gasteiger partial charge is 0.361 e. The lowest BCUT2D eigenvalue weighted by atomic mass is 9.84. The van der Waals surface area contributed by atoms with Gasteiger partial charge in [-0.1, -0.05) is 51.1 Å². The van der Waals surface area contributed by atoms with Gasteiger partial charge in [-0.25, -0.2) is 0 Å². The van der Waals surface area contributed by atoms with Crippen LogP contribution in [0.3, 0.4) is 0 Å². The number of piperazine rings is 1. The zero-order valence-electron chi connectivity index (χ0n) is 13.0. The van der Waals surface area contributed by atoms with Gasteiger partial charge in [-0.15, -0.1) is 0 Å². The van der Waals surface area contributed by atoms with Crippen LogP contribution >= 0.6 is 11.3 Å².